The number of aryl methyl sites for hydroxylation is 2. The van der Waals surface area contributed by atoms with Gasteiger partial charge in [-0.15, -0.1) is 0 Å². The number of carbonyl (C=O) groups is 2. The van der Waals surface area contributed by atoms with E-state index in [1.54, 1.807) is 18.2 Å². The highest BCUT2D eigenvalue weighted by molar-refractivity contribution is 5.91. The van der Waals surface area contributed by atoms with Gasteiger partial charge < -0.3 is 20.4 Å². The van der Waals surface area contributed by atoms with Gasteiger partial charge in [-0.2, -0.15) is 5.10 Å². The van der Waals surface area contributed by atoms with Gasteiger partial charge in [-0.25, -0.2) is 9.48 Å². The van der Waals surface area contributed by atoms with Crippen molar-refractivity contribution in [1.29, 1.82) is 0 Å². The Hall–Kier alpha value is -3.55. The number of aromatic nitrogens is 2. The summed E-state index contributed by atoms with van der Waals surface area (Å²) in [5.41, 5.74) is 3.46. The van der Waals surface area contributed by atoms with Crippen LogP contribution in [0.5, 0.6) is 0 Å². The average Bonchev–Trinajstić information content (AvgIpc) is 3.28. The molecule has 0 radical (unpaired) electrons. The summed E-state index contributed by atoms with van der Waals surface area (Å²) in [6, 6.07) is 12.3. The number of amides is 3. The van der Waals surface area contributed by atoms with Crippen LogP contribution in [0.3, 0.4) is 0 Å². The molecule has 2 heterocycles. The van der Waals surface area contributed by atoms with Crippen LogP contribution in [0.2, 0.25) is 0 Å². The summed E-state index contributed by atoms with van der Waals surface area (Å²) in [5.74, 6) is -0.0831. The van der Waals surface area contributed by atoms with Crippen LogP contribution in [0.15, 0.2) is 53.1 Å². The molecular formula is C19H21N5O3. The van der Waals surface area contributed by atoms with Gasteiger partial charge in [0.1, 0.15) is 0 Å². The fourth-order valence-corrected chi connectivity index (χ4v) is 2.63. The number of benzene rings is 1. The van der Waals surface area contributed by atoms with Gasteiger partial charge in [-0.05, 0) is 50.2 Å². The molecule has 3 amide bonds. The molecule has 0 saturated carbocycles. The van der Waals surface area contributed by atoms with E-state index >= 15 is 0 Å². The number of hydrogen-bond acceptors (Lipinski definition) is 4. The Bertz CT molecular complexity index is 931. The highest BCUT2D eigenvalue weighted by atomic mass is 16.3. The molecule has 1 aromatic carbocycles. The first-order chi connectivity index (χ1) is 13.0. The minimum Gasteiger partial charge on any atom is -0.459 e. The molecule has 0 aliphatic carbocycles. The number of carbonyl (C=O) groups excluding carboxylic acids is 2. The van der Waals surface area contributed by atoms with Crippen molar-refractivity contribution >= 4 is 17.6 Å². The van der Waals surface area contributed by atoms with E-state index in [9.17, 15) is 9.59 Å². The van der Waals surface area contributed by atoms with Crippen LogP contribution < -0.4 is 16.0 Å². The number of rotatable bonds is 6. The van der Waals surface area contributed by atoms with Crippen LogP contribution in [0.4, 0.5) is 10.5 Å². The molecule has 0 aliphatic rings. The third-order valence-electron chi connectivity index (χ3n) is 3.80. The molecule has 0 saturated heterocycles. The van der Waals surface area contributed by atoms with Gasteiger partial charge in [0.15, 0.2) is 5.76 Å². The Labute approximate surface area is 156 Å². The highest BCUT2D eigenvalue weighted by Gasteiger charge is 2.08. The van der Waals surface area contributed by atoms with E-state index < -0.39 is 0 Å². The van der Waals surface area contributed by atoms with Gasteiger partial charge in [0.2, 0.25) is 0 Å². The molecule has 0 unspecified atom stereocenters. The predicted molar refractivity (Wildman–Crippen MR) is 101 cm³/mol. The number of hydrogen-bond donors (Lipinski definition) is 3. The molecule has 0 spiro atoms. The topological polar surface area (TPSA) is 101 Å². The minimum absolute atomic E-state index is 0.236. The van der Waals surface area contributed by atoms with Crippen molar-refractivity contribution in [2.24, 2.45) is 0 Å². The number of furan rings is 1. The lowest BCUT2D eigenvalue weighted by atomic mass is 10.2. The lowest BCUT2D eigenvalue weighted by Gasteiger charge is -2.10. The zero-order valence-corrected chi connectivity index (χ0v) is 15.2. The van der Waals surface area contributed by atoms with Crippen LogP contribution in [-0.4, -0.2) is 34.8 Å². The third-order valence-corrected chi connectivity index (χ3v) is 3.80. The number of urea groups is 1. The van der Waals surface area contributed by atoms with E-state index in [1.165, 1.54) is 6.26 Å². The molecule has 0 aliphatic heterocycles. The zero-order chi connectivity index (χ0) is 19.2. The fraction of sp³-hybridized carbons (Fsp3) is 0.211. The third kappa shape index (κ3) is 4.75. The number of nitrogens with one attached hydrogen (secondary N) is 3. The van der Waals surface area contributed by atoms with Crippen molar-refractivity contribution in [2.75, 3.05) is 18.4 Å². The van der Waals surface area contributed by atoms with Gasteiger partial charge in [-0.1, -0.05) is 6.07 Å². The van der Waals surface area contributed by atoms with E-state index in [1.807, 2.05) is 42.8 Å². The maximum Gasteiger partial charge on any atom is 0.319 e. The van der Waals surface area contributed by atoms with Crippen molar-refractivity contribution in [3.63, 3.8) is 0 Å². The molecule has 2 aromatic heterocycles. The molecule has 8 heteroatoms. The molecule has 0 atom stereocenters. The molecule has 3 N–H and O–H groups in total. The summed E-state index contributed by atoms with van der Waals surface area (Å²) >= 11 is 0. The van der Waals surface area contributed by atoms with Crippen LogP contribution in [0.25, 0.3) is 5.69 Å². The van der Waals surface area contributed by atoms with E-state index in [0.29, 0.717) is 12.2 Å². The van der Waals surface area contributed by atoms with Crippen molar-refractivity contribution < 1.29 is 14.0 Å². The predicted octanol–water partition coefficient (Wildman–Crippen LogP) is 2.63. The van der Waals surface area contributed by atoms with Crippen LogP contribution >= 0.6 is 0 Å². The Balaban J connectivity index is 1.49. The smallest absolute Gasteiger partial charge is 0.319 e. The normalized spacial score (nSPS) is 10.4. The van der Waals surface area contributed by atoms with Gasteiger partial charge in [0, 0.05) is 24.5 Å². The second-order valence-electron chi connectivity index (χ2n) is 6.00. The first kappa shape index (κ1) is 18.2. The highest BCUT2D eigenvalue weighted by Crippen LogP contribution is 2.16. The number of anilines is 1. The van der Waals surface area contributed by atoms with E-state index in [4.69, 9.17) is 4.42 Å². The first-order valence-corrected chi connectivity index (χ1v) is 8.53. The molecular weight excluding hydrogens is 346 g/mol. The number of nitrogens with zero attached hydrogens (tertiary/aromatic N) is 2. The molecule has 3 rings (SSSR count). The van der Waals surface area contributed by atoms with Crippen LogP contribution in [0, 0.1) is 13.8 Å². The molecule has 0 fully saturated rings. The minimum atomic E-state index is -0.354. The van der Waals surface area contributed by atoms with Gasteiger partial charge >= 0.3 is 6.03 Å². The van der Waals surface area contributed by atoms with Gasteiger partial charge in [0.05, 0.1) is 17.6 Å². The van der Waals surface area contributed by atoms with E-state index in [0.717, 1.165) is 17.1 Å². The maximum atomic E-state index is 12.0. The van der Waals surface area contributed by atoms with Gasteiger partial charge in [0.25, 0.3) is 5.91 Å². The monoisotopic (exact) mass is 367 g/mol. The lowest BCUT2D eigenvalue weighted by Crippen LogP contribution is -2.36. The lowest BCUT2D eigenvalue weighted by molar-refractivity contribution is 0.0926. The summed E-state index contributed by atoms with van der Waals surface area (Å²) < 4.78 is 6.81. The van der Waals surface area contributed by atoms with Crippen molar-refractivity contribution in [3.8, 4) is 5.69 Å². The molecule has 27 heavy (non-hydrogen) atoms. The summed E-state index contributed by atoms with van der Waals surface area (Å²) in [7, 11) is 0. The zero-order valence-electron chi connectivity index (χ0n) is 15.2. The molecule has 8 nitrogen and oxygen atoms in total. The second-order valence-corrected chi connectivity index (χ2v) is 6.00. The summed E-state index contributed by atoms with van der Waals surface area (Å²) in [6.45, 7) is 4.49. The van der Waals surface area contributed by atoms with E-state index in [2.05, 4.69) is 21.0 Å². The second kappa shape index (κ2) is 8.22. The first-order valence-electron chi connectivity index (χ1n) is 8.53. The largest absolute Gasteiger partial charge is 0.459 e. The average molecular weight is 367 g/mol. The summed E-state index contributed by atoms with van der Waals surface area (Å²) in [4.78, 5) is 23.7. The SMILES string of the molecule is Cc1cc(C)n(-c2cccc(NC(=O)NCCNC(=O)c3ccco3)c2)n1. The van der Waals surface area contributed by atoms with E-state index in [-0.39, 0.29) is 24.2 Å². The standard InChI is InChI=1S/C19H21N5O3/c1-13-11-14(2)24(23-13)16-6-3-5-15(12-16)22-19(26)21-9-8-20-18(25)17-7-4-10-27-17/h3-7,10-12H,8-9H2,1-2H3,(H,20,25)(H2,21,22,26). The molecule has 140 valence electrons. The maximum absolute atomic E-state index is 12.0. The van der Waals surface area contributed by atoms with Crippen LogP contribution in [0.1, 0.15) is 21.9 Å². The van der Waals surface area contributed by atoms with Crippen molar-refractivity contribution in [2.45, 2.75) is 13.8 Å². The Kier molecular flexibility index (Phi) is 5.55. The Morgan fingerprint density at radius 1 is 1.07 bits per heavy atom. The van der Waals surface area contributed by atoms with Crippen molar-refractivity contribution in [1.82, 2.24) is 20.4 Å². The van der Waals surface area contributed by atoms with Crippen LogP contribution in [-0.2, 0) is 0 Å². The quantitative estimate of drug-likeness (QED) is 0.583. The Morgan fingerprint density at radius 3 is 2.59 bits per heavy atom. The van der Waals surface area contributed by atoms with Crippen molar-refractivity contribution in [3.05, 3.63) is 65.9 Å². The Morgan fingerprint density at radius 2 is 1.89 bits per heavy atom. The molecule has 0 bridgehead atoms. The summed E-state index contributed by atoms with van der Waals surface area (Å²) in [6.07, 6.45) is 1.43. The van der Waals surface area contributed by atoms with Gasteiger partial charge in [-0.3, -0.25) is 4.79 Å². The molecule has 3 aromatic rings. The fourth-order valence-electron chi connectivity index (χ4n) is 2.63. The summed E-state index contributed by atoms with van der Waals surface area (Å²) in [5, 5.41) is 12.6.